The number of thiocarbonyl (C=S) groups is 1. The van der Waals surface area contributed by atoms with E-state index in [1.54, 1.807) is 0 Å². The van der Waals surface area contributed by atoms with Gasteiger partial charge in [-0.1, -0.05) is 31.5 Å². The summed E-state index contributed by atoms with van der Waals surface area (Å²) >= 11 is 5.49. The van der Waals surface area contributed by atoms with Crippen molar-refractivity contribution in [3.8, 4) is 0 Å². The second-order valence-electron chi connectivity index (χ2n) is 5.58. The largest absolute Gasteiger partial charge is 0.475 e. The van der Waals surface area contributed by atoms with E-state index in [2.05, 4.69) is 0 Å². The van der Waals surface area contributed by atoms with Gasteiger partial charge in [0.05, 0.1) is 17.0 Å². The summed E-state index contributed by atoms with van der Waals surface area (Å²) in [6.45, 7) is 0.807. The maximum Gasteiger partial charge on any atom is 0.475 e. The fourth-order valence-electron chi connectivity index (χ4n) is 3.26. The molecule has 0 aromatic carbocycles. The summed E-state index contributed by atoms with van der Waals surface area (Å²) in [6, 6.07) is -0.0975. The van der Waals surface area contributed by atoms with Crippen LogP contribution in [0.2, 0.25) is 0 Å². The predicted octanol–water partition coefficient (Wildman–Crippen LogP) is 0.698. The number of nitrogens with zero attached hydrogens (tertiary/aromatic N) is 1. The highest BCUT2D eigenvalue weighted by molar-refractivity contribution is 7.80. The summed E-state index contributed by atoms with van der Waals surface area (Å²) in [5.41, 5.74) is 6.29. The summed E-state index contributed by atoms with van der Waals surface area (Å²) in [5, 5.41) is 18.8. The van der Waals surface area contributed by atoms with Crippen molar-refractivity contribution in [2.75, 3.05) is 6.54 Å². The third-order valence-corrected chi connectivity index (χ3v) is 4.88. The number of hydrogen-bond acceptors (Lipinski definition) is 4. The summed E-state index contributed by atoms with van der Waals surface area (Å²) in [4.78, 5) is 2.68. The Kier molecular flexibility index (Phi) is 5.01. The molecule has 0 spiro atoms. The third-order valence-electron chi connectivity index (χ3n) is 4.37. The Morgan fingerprint density at radius 1 is 1.17 bits per heavy atom. The van der Waals surface area contributed by atoms with E-state index >= 15 is 0 Å². The molecule has 4 N–H and O–H groups in total. The van der Waals surface area contributed by atoms with Gasteiger partial charge in [-0.3, -0.25) is 0 Å². The second-order valence-corrected chi connectivity index (χ2v) is 6.00. The molecule has 2 atom stereocenters. The number of nitrogens with two attached hydrogens (primary N) is 1. The molecule has 0 aromatic heterocycles. The third kappa shape index (κ3) is 3.04. The Labute approximate surface area is 115 Å². The van der Waals surface area contributed by atoms with Crippen molar-refractivity contribution >= 4 is 24.3 Å². The molecule has 4 nitrogen and oxygen atoms in total. The van der Waals surface area contributed by atoms with Crippen molar-refractivity contribution in [1.82, 2.24) is 4.90 Å². The van der Waals surface area contributed by atoms with Crippen molar-refractivity contribution in [2.45, 2.75) is 56.9 Å². The van der Waals surface area contributed by atoms with Crippen LogP contribution < -0.4 is 5.73 Å². The van der Waals surface area contributed by atoms with Crippen LogP contribution in [0.1, 0.15) is 44.9 Å². The summed E-state index contributed by atoms with van der Waals surface area (Å²) in [5.74, 6) is 0.218. The molecule has 2 aliphatic rings. The maximum absolute atomic E-state index is 9.38. The minimum Gasteiger partial charge on any atom is -0.426 e. The Balaban J connectivity index is 1.96. The highest BCUT2D eigenvalue weighted by Crippen LogP contribution is 2.28. The van der Waals surface area contributed by atoms with Crippen molar-refractivity contribution in [3.05, 3.63) is 0 Å². The van der Waals surface area contributed by atoms with Gasteiger partial charge in [0.25, 0.3) is 0 Å². The zero-order valence-electron chi connectivity index (χ0n) is 10.8. The zero-order valence-corrected chi connectivity index (χ0v) is 11.6. The lowest BCUT2D eigenvalue weighted by Crippen LogP contribution is -2.52. The molecule has 0 amide bonds. The standard InChI is InChI=1S/C12H23BN2O2S/c14-11(9-5-2-1-3-6-9)12(18)15-8-4-7-10(15)13(16)17/h9-11,16-17H,1-8,14H2/t10-,11-/m0/s1. The first-order valence-electron chi connectivity index (χ1n) is 7.03. The smallest absolute Gasteiger partial charge is 0.426 e. The molecule has 1 aliphatic carbocycles. The van der Waals surface area contributed by atoms with Crippen molar-refractivity contribution in [2.24, 2.45) is 11.7 Å². The van der Waals surface area contributed by atoms with Gasteiger partial charge in [-0.2, -0.15) is 0 Å². The lowest BCUT2D eigenvalue weighted by molar-refractivity contribution is 0.308. The SMILES string of the molecule is N[C@H](C(=S)N1CCC[C@H]1B(O)O)C1CCCCC1. The lowest BCUT2D eigenvalue weighted by atomic mass is 9.77. The Morgan fingerprint density at radius 2 is 1.83 bits per heavy atom. The van der Waals surface area contributed by atoms with Crippen LogP contribution in [0.15, 0.2) is 0 Å². The second kappa shape index (κ2) is 6.32. The Morgan fingerprint density at radius 3 is 2.44 bits per heavy atom. The quantitative estimate of drug-likeness (QED) is 0.520. The van der Waals surface area contributed by atoms with Crippen LogP contribution in [-0.2, 0) is 0 Å². The van der Waals surface area contributed by atoms with Gasteiger partial charge in [-0.25, -0.2) is 0 Å². The van der Waals surface area contributed by atoms with Crippen molar-refractivity contribution < 1.29 is 10.0 Å². The van der Waals surface area contributed by atoms with Crippen molar-refractivity contribution in [3.63, 3.8) is 0 Å². The van der Waals surface area contributed by atoms with Crippen LogP contribution in [0.3, 0.4) is 0 Å². The first-order valence-corrected chi connectivity index (χ1v) is 7.44. The van der Waals surface area contributed by atoms with Crippen molar-refractivity contribution in [1.29, 1.82) is 0 Å². The van der Waals surface area contributed by atoms with E-state index in [0.29, 0.717) is 5.92 Å². The van der Waals surface area contributed by atoms with E-state index in [9.17, 15) is 10.0 Å². The lowest BCUT2D eigenvalue weighted by Gasteiger charge is -2.34. The number of hydrogen-bond donors (Lipinski definition) is 3. The van der Waals surface area contributed by atoms with Crippen LogP contribution in [0, 0.1) is 5.92 Å². The summed E-state index contributed by atoms with van der Waals surface area (Å²) in [6.07, 6.45) is 7.84. The Hall–Kier alpha value is -0.165. The van der Waals surface area contributed by atoms with Gasteiger partial charge < -0.3 is 20.7 Å². The van der Waals surface area contributed by atoms with Gasteiger partial charge in [-0.15, -0.1) is 0 Å². The first kappa shape index (κ1) is 14.2. The highest BCUT2D eigenvalue weighted by Gasteiger charge is 2.38. The molecule has 0 unspecified atom stereocenters. The van der Waals surface area contributed by atoms with E-state index in [4.69, 9.17) is 18.0 Å². The molecule has 1 saturated heterocycles. The molecule has 0 bridgehead atoms. The fraction of sp³-hybridized carbons (Fsp3) is 0.917. The van der Waals surface area contributed by atoms with Gasteiger partial charge in [0, 0.05) is 6.54 Å². The van der Waals surface area contributed by atoms with Crippen LogP contribution in [0.25, 0.3) is 0 Å². The number of likely N-dealkylation sites (tertiary alicyclic amines) is 1. The van der Waals surface area contributed by atoms with Gasteiger partial charge >= 0.3 is 7.12 Å². The summed E-state index contributed by atoms with van der Waals surface area (Å²) in [7, 11) is -1.32. The van der Waals surface area contributed by atoms with Crippen LogP contribution in [-0.4, -0.2) is 45.6 Å². The molecule has 18 heavy (non-hydrogen) atoms. The molecule has 2 fully saturated rings. The molecule has 0 aromatic rings. The molecule has 2 rings (SSSR count). The predicted molar refractivity (Wildman–Crippen MR) is 77.1 cm³/mol. The highest BCUT2D eigenvalue weighted by atomic mass is 32.1. The van der Waals surface area contributed by atoms with E-state index < -0.39 is 7.12 Å². The normalized spacial score (nSPS) is 27.3. The molecule has 6 heteroatoms. The van der Waals surface area contributed by atoms with Gasteiger partial charge in [0.15, 0.2) is 0 Å². The number of rotatable bonds is 3. The summed E-state index contributed by atoms with van der Waals surface area (Å²) < 4.78 is 0. The van der Waals surface area contributed by atoms with E-state index in [0.717, 1.165) is 37.2 Å². The molecule has 1 heterocycles. The molecular weight excluding hydrogens is 247 g/mol. The fourth-order valence-corrected chi connectivity index (χ4v) is 3.68. The van der Waals surface area contributed by atoms with Gasteiger partial charge in [0.2, 0.25) is 0 Å². The van der Waals surface area contributed by atoms with E-state index in [1.165, 1.54) is 19.3 Å². The average Bonchev–Trinajstić information content (AvgIpc) is 2.87. The molecule has 102 valence electrons. The Bertz CT molecular complexity index is 298. The first-order chi connectivity index (χ1) is 8.61. The molecule has 0 radical (unpaired) electrons. The van der Waals surface area contributed by atoms with E-state index in [1.807, 2.05) is 4.90 Å². The molecule has 1 saturated carbocycles. The van der Waals surface area contributed by atoms with Gasteiger partial charge in [0.1, 0.15) is 0 Å². The maximum atomic E-state index is 9.38. The zero-order chi connectivity index (χ0) is 13.1. The average molecular weight is 270 g/mol. The topological polar surface area (TPSA) is 69.7 Å². The minimum atomic E-state index is -1.32. The van der Waals surface area contributed by atoms with Crippen LogP contribution in [0.4, 0.5) is 0 Å². The minimum absolute atomic E-state index is 0.0975. The van der Waals surface area contributed by atoms with Gasteiger partial charge in [-0.05, 0) is 31.6 Å². The van der Waals surface area contributed by atoms with Crippen LogP contribution in [0.5, 0.6) is 0 Å². The van der Waals surface area contributed by atoms with Crippen LogP contribution >= 0.6 is 12.2 Å². The molecule has 1 aliphatic heterocycles. The monoisotopic (exact) mass is 270 g/mol. The van der Waals surface area contributed by atoms with E-state index in [-0.39, 0.29) is 12.0 Å². The molecular formula is C12H23BN2O2S.